The van der Waals surface area contributed by atoms with Gasteiger partial charge in [-0.2, -0.15) is 0 Å². The number of carbonyl (C=O) groups is 2. The Kier molecular flexibility index (Phi) is 4.10. The van der Waals surface area contributed by atoms with E-state index < -0.39 is 12.0 Å². The number of hydrogen-bond donors (Lipinski definition) is 0. The summed E-state index contributed by atoms with van der Waals surface area (Å²) in [7, 11) is 0. The molecule has 0 saturated carbocycles. The second-order valence-corrected chi connectivity index (χ2v) is 2.99. The molecule has 0 amide bonds. The number of alkyl halides is 2. The van der Waals surface area contributed by atoms with Gasteiger partial charge in [0.05, 0.1) is 12.2 Å². The van der Waals surface area contributed by atoms with Gasteiger partial charge in [0.25, 0.3) is 6.43 Å². The number of hydrogen-bond acceptors (Lipinski definition) is 3. The van der Waals surface area contributed by atoms with Gasteiger partial charge in [-0.15, -0.1) is 0 Å². The van der Waals surface area contributed by atoms with Crippen molar-refractivity contribution in [3.63, 3.8) is 0 Å². The molecule has 0 aliphatic rings. The lowest BCUT2D eigenvalue weighted by molar-refractivity contribution is 0.109. The fraction of sp³-hybridized carbons (Fsp3) is 0.273. The van der Waals surface area contributed by atoms with Crippen molar-refractivity contribution >= 4 is 12.6 Å². The first-order valence-corrected chi connectivity index (χ1v) is 4.63. The molecule has 3 nitrogen and oxygen atoms in total. The quantitative estimate of drug-likeness (QED) is 0.727. The Balaban J connectivity index is 3.39. The number of benzene rings is 1. The summed E-state index contributed by atoms with van der Waals surface area (Å²) in [4.78, 5) is 21.3. The second-order valence-electron chi connectivity index (χ2n) is 2.99. The van der Waals surface area contributed by atoms with Crippen LogP contribution in [-0.4, -0.2) is 19.2 Å². The van der Waals surface area contributed by atoms with Gasteiger partial charge in [-0.3, -0.25) is 9.59 Å². The fourth-order valence-corrected chi connectivity index (χ4v) is 1.32. The first-order chi connectivity index (χ1) is 7.63. The van der Waals surface area contributed by atoms with E-state index in [4.69, 9.17) is 4.74 Å². The number of ether oxygens (including phenoxy) is 1. The third-order valence-corrected chi connectivity index (χ3v) is 1.99. The summed E-state index contributed by atoms with van der Waals surface area (Å²) in [5.74, 6) is 0.0115. The van der Waals surface area contributed by atoms with Crippen molar-refractivity contribution < 1.29 is 23.1 Å². The molecule has 16 heavy (non-hydrogen) atoms. The topological polar surface area (TPSA) is 43.4 Å². The summed E-state index contributed by atoms with van der Waals surface area (Å²) in [5.41, 5.74) is -0.630. The predicted octanol–water partition coefficient (Wildman–Crippen LogP) is 2.65. The average molecular weight is 228 g/mol. The first kappa shape index (κ1) is 12.3. The molecule has 0 aromatic heterocycles. The molecular formula is C11H10F2O3. The minimum atomic E-state index is -2.82. The van der Waals surface area contributed by atoms with Crippen LogP contribution in [0.5, 0.6) is 5.75 Å². The lowest BCUT2D eigenvalue weighted by Crippen LogP contribution is -2.02. The molecule has 0 atom stereocenters. The maximum absolute atomic E-state index is 12.6. The van der Waals surface area contributed by atoms with Gasteiger partial charge in [-0.25, -0.2) is 8.78 Å². The van der Waals surface area contributed by atoms with Crippen LogP contribution < -0.4 is 4.74 Å². The zero-order valence-corrected chi connectivity index (χ0v) is 8.57. The van der Waals surface area contributed by atoms with Crippen LogP contribution in [0.3, 0.4) is 0 Å². The molecule has 0 bridgehead atoms. The third kappa shape index (κ3) is 2.42. The molecule has 1 rings (SSSR count). The predicted molar refractivity (Wildman–Crippen MR) is 53.3 cm³/mol. The lowest BCUT2D eigenvalue weighted by Gasteiger charge is -2.11. The van der Waals surface area contributed by atoms with Crippen LogP contribution in [0.1, 0.15) is 39.6 Å². The van der Waals surface area contributed by atoms with Crippen molar-refractivity contribution in [2.24, 2.45) is 0 Å². The number of halogens is 2. The largest absolute Gasteiger partial charge is 0.493 e. The molecule has 0 N–H and O–H groups in total. The molecule has 0 heterocycles. The van der Waals surface area contributed by atoms with E-state index in [2.05, 4.69) is 0 Å². The summed E-state index contributed by atoms with van der Waals surface area (Å²) in [6.45, 7) is 1.88. The highest BCUT2D eigenvalue weighted by Crippen LogP contribution is 2.30. The highest BCUT2D eigenvalue weighted by Gasteiger charge is 2.18. The first-order valence-electron chi connectivity index (χ1n) is 4.63. The van der Waals surface area contributed by atoms with E-state index >= 15 is 0 Å². The smallest absolute Gasteiger partial charge is 0.264 e. The Bertz CT molecular complexity index is 402. The maximum atomic E-state index is 12.6. The minimum absolute atomic E-state index is 0.0115. The Hall–Kier alpha value is -1.78. The summed E-state index contributed by atoms with van der Waals surface area (Å²) in [5, 5.41) is 0. The number of rotatable bonds is 5. The summed E-state index contributed by atoms with van der Waals surface area (Å²) in [6, 6.07) is 2.26. The Morgan fingerprint density at radius 1 is 1.31 bits per heavy atom. The van der Waals surface area contributed by atoms with E-state index in [0.717, 1.165) is 6.07 Å². The number of aldehydes is 2. The van der Waals surface area contributed by atoms with Gasteiger partial charge >= 0.3 is 0 Å². The zero-order chi connectivity index (χ0) is 12.1. The highest BCUT2D eigenvalue weighted by molar-refractivity contribution is 5.86. The molecule has 1 aromatic rings. The van der Waals surface area contributed by atoms with Gasteiger partial charge in [0.15, 0.2) is 6.29 Å². The summed E-state index contributed by atoms with van der Waals surface area (Å²) >= 11 is 0. The van der Waals surface area contributed by atoms with Crippen LogP contribution in [-0.2, 0) is 0 Å². The van der Waals surface area contributed by atoms with Crippen LogP contribution in [0, 0.1) is 0 Å². The van der Waals surface area contributed by atoms with Crippen LogP contribution in [0.2, 0.25) is 0 Å². The average Bonchev–Trinajstić information content (AvgIpc) is 2.28. The van der Waals surface area contributed by atoms with E-state index in [1.54, 1.807) is 6.92 Å². The minimum Gasteiger partial charge on any atom is -0.493 e. The summed E-state index contributed by atoms with van der Waals surface area (Å²) in [6.07, 6.45) is -2.08. The van der Waals surface area contributed by atoms with E-state index in [9.17, 15) is 18.4 Å². The van der Waals surface area contributed by atoms with Gasteiger partial charge < -0.3 is 4.74 Å². The monoisotopic (exact) mass is 228 g/mol. The Morgan fingerprint density at radius 3 is 2.44 bits per heavy atom. The van der Waals surface area contributed by atoms with Gasteiger partial charge in [-0.1, -0.05) is 0 Å². The number of carbonyl (C=O) groups excluding carboxylic acids is 2. The molecule has 0 spiro atoms. The normalized spacial score (nSPS) is 10.2. The molecule has 86 valence electrons. The van der Waals surface area contributed by atoms with Crippen molar-refractivity contribution in [1.82, 2.24) is 0 Å². The molecule has 0 aliphatic carbocycles. The molecule has 0 aliphatic heterocycles. The molecule has 0 fully saturated rings. The summed E-state index contributed by atoms with van der Waals surface area (Å²) < 4.78 is 30.3. The molecule has 0 saturated heterocycles. The Labute approximate surface area is 91.0 Å². The van der Waals surface area contributed by atoms with Gasteiger partial charge in [0.2, 0.25) is 0 Å². The van der Waals surface area contributed by atoms with Crippen LogP contribution >= 0.6 is 0 Å². The SMILES string of the molecule is CCOc1cc(C=O)cc(C(F)F)c1C=O. The van der Waals surface area contributed by atoms with E-state index in [1.807, 2.05) is 0 Å². The van der Waals surface area contributed by atoms with Crippen molar-refractivity contribution in [1.29, 1.82) is 0 Å². The fourth-order valence-electron chi connectivity index (χ4n) is 1.32. The molecule has 5 heteroatoms. The molecule has 1 aromatic carbocycles. The van der Waals surface area contributed by atoms with Gasteiger partial charge in [0, 0.05) is 11.1 Å². The van der Waals surface area contributed by atoms with E-state index in [0.29, 0.717) is 12.6 Å². The molecule has 0 unspecified atom stereocenters. The van der Waals surface area contributed by atoms with Gasteiger partial charge in [0.1, 0.15) is 12.0 Å². The lowest BCUT2D eigenvalue weighted by atomic mass is 10.0. The Morgan fingerprint density at radius 2 is 2.00 bits per heavy atom. The van der Waals surface area contributed by atoms with Crippen molar-refractivity contribution in [2.45, 2.75) is 13.3 Å². The zero-order valence-electron chi connectivity index (χ0n) is 8.57. The van der Waals surface area contributed by atoms with Crippen molar-refractivity contribution in [3.8, 4) is 5.75 Å². The van der Waals surface area contributed by atoms with Crippen molar-refractivity contribution in [3.05, 3.63) is 28.8 Å². The van der Waals surface area contributed by atoms with E-state index in [-0.39, 0.29) is 23.5 Å². The maximum Gasteiger partial charge on any atom is 0.264 e. The van der Waals surface area contributed by atoms with Crippen LogP contribution in [0.25, 0.3) is 0 Å². The third-order valence-electron chi connectivity index (χ3n) is 1.99. The van der Waals surface area contributed by atoms with Gasteiger partial charge in [-0.05, 0) is 19.1 Å². The van der Waals surface area contributed by atoms with Crippen molar-refractivity contribution in [2.75, 3.05) is 6.61 Å². The second kappa shape index (κ2) is 5.34. The van der Waals surface area contributed by atoms with E-state index in [1.165, 1.54) is 6.07 Å². The highest BCUT2D eigenvalue weighted by atomic mass is 19.3. The molecule has 0 radical (unpaired) electrons. The standard InChI is InChI=1S/C11H10F2O3/c1-2-16-10-4-7(5-14)3-8(11(12)13)9(10)6-15/h3-6,11H,2H2,1H3. The van der Waals surface area contributed by atoms with Crippen LogP contribution in [0.4, 0.5) is 8.78 Å². The van der Waals surface area contributed by atoms with Crippen LogP contribution in [0.15, 0.2) is 12.1 Å². The molecular weight excluding hydrogens is 218 g/mol.